The maximum atomic E-state index is 13.7. The fourth-order valence-corrected chi connectivity index (χ4v) is 1.96. The third kappa shape index (κ3) is 5.84. The zero-order valence-corrected chi connectivity index (χ0v) is 15.8. The molecule has 2 aromatic rings. The van der Waals surface area contributed by atoms with Gasteiger partial charge in [-0.25, -0.2) is 4.39 Å². The SMILES string of the molecule is C=CCNC(=NC)NCc1ccccc1Oc1ccccc1F.I. The molecule has 0 atom stereocenters. The molecular formula is C18H21FIN3O. The summed E-state index contributed by atoms with van der Waals surface area (Å²) in [7, 11) is 1.69. The van der Waals surface area contributed by atoms with Crippen molar-refractivity contribution in [1.82, 2.24) is 10.6 Å². The molecule has 0 radical (unpaired) electrons. The molecule has 0 aromatic heterocycles. The molecule has 4 nitrogen and oxygen atoms in total. The van der Waals surface area contributed by atoms with E-state index in [0.29, 0.717) is 24.8 Å². The first-order valence-electron chi connectivity index (χ1n) is 7.30. The van der Waals surface area contributed by atoms with Gasteiger partial charge in [0, 0.05) is 25.7 Å². The molecule has 0 amide bonds. The lowest BCUT2D eigenvalue weighted by Crippen LogP contribution is -2.36. The normalized spacial score (nSPS) is 10.5. The number of hydrogen-bond acceptors (Lipinski definition) is 2. The Morgan fingerprint density at radius 3 is 2.46 bits per heavy atom. The fraction of sp³-hybridized carbons (Fsp3) is 0.167. The van der Waals surface area contributed by atoms with Crippen LogP contribution in [0, 0.1) is 5.82 Å². The standard InChI is InChI=1S/C18H20FN3O.HI/c1-3-12-21-18(20-2)22-13-14-8-4-6-10-16(14)23-17-11-7-5-9-15(17)19;/h3-11H,1,12-13H2,2H3,(H2,20,21,22);1H. The number of halogens is 2. The summed E-state index contributed by atoms with van der Waals surface area (Å²) in [4.78, 5) is 4.11. The van der Waals surface area contributed by atoms with Crippen molar-refractivity contribution < 1.29 is 9.13 Å². The van der Waals surface area contributed by atoms with Crippen LogP contribution in [0.1, 0.15) is 5.56 Å². The van der Waals surface area contributed by atoms with E-state index >= 15 is 0 Å². The predicted octanol–water partition coefficient (Wildman–Crippen LogP) is 4.09. The Morgan fingerprint density at radius 2 is 1.79 bits per heavy atom. The topological polar surface area (TPSA) is 45.7 Å². The van der Waals surface area contributed by atoms with Crippen LogP contribution in [-0.4, -0.2) is 19.6 Å². The van der Waals surface area contributed by atoms with Gasteiger partial charge in [-0.15, -0.1) is 30.6 Å². The summed E-state index contributed by atoms with van der Waals surface area (Å²) in [6.07, 6.45) is 1.75. The third-order valence-electron chi connectivity index (χ3n) is 3.11. The average molecular weight is 441 g/mol. The molecule has 2 N–H and O–H groups in total. The highest BCUT2D eigenvalue weighted by Crippen LogP contribution is 2.27. The van der Waals surface area contributed by atoms with Crippen LogP contribution in [0.5, 0.6) is 11.5 Å². The van der Waals surface area contributed by atoms with Gasteiger partial charge in [0.15, 0.2) is 17.5 Å². The molecule has 6 heteroatoms. The maximum Gasteiger partial charge on any atom is 0.191 e. The van der Waals surface area contributed by atoms with E-state index in [4.69, 9.17) is 4.74 Å². The molecule has 2 rings (SSSR count). The number of aliphatic imine (C=N–C) groups is 1. The molecule has 0 saturated heterocycles. The molecule has 0 saturated carbocycles. The number of nitrogens with one attached hydrogen (secondary N) is 2. The van der Waals surface area contributed by atoms with Crippen LogP contribution in [0.4, 0.5) is 4.39 Å². The molecule has 0 aliphatic heterocycles. The van der Waals surface area contributed by atoms with E-state index < -0.39 is 5.82 Å². The molecule has 0 unspecified atom stereocenters. The lowest BCUT2D eigenvalue weighted by Gasteiger charge is -2.14. The van der Waals surface area contributed by atoms with Crippen molar-refractivity contribution in [2.24, 2.45) is 4.99 Å². The number of nitrogens with zero attached hydrogens (tertiary/aromatic N) is 1. The monoisotopic (exact) mass is 441 g/mol. The Bertz CT molecular complexity index is 691. The van der Waals surface area contributed by atoms with Crippen molar-refractivity contribution in [2.75, 3.05) is 13.6 Å². The Hall–Kier alpha value is -2.09. The number of benzene rings is 2. The van der Waals surface area contributed by atoms with Crippen molar-refractivity contribution >= 4 is 29.9 Å². The van der Waals surface area contributed by atoms with Crippen molar-refractivity contribution in [3.63, 3.8) is 0 Å². The van der Waals surface area contributed by atoms with Crippen molar-refractivity contribution in [1.29, 1.82) is 0 Å². The quantitative estimate of drug-likeness (QED) is 0.307. The van der Waals surface area contributed by atoms with Crippen LogP contribution in [0.2, 0.25) is 0 Å². The Balaban J connectivity index is 0.00000288. The van der Waals surface area contributed by atoms with Crippen LogP contribution in [-0.2, 0) is 6.54 Å². The number of para-hydroxylation sites is 2. The second kappa shape index (κ2) is 10.6. The first-order chi connectivity index (χ1) is 11.2. The van der Waals surface area contributed by atoms with E-state index in [-0.39, 0.29) is 29.7 Å². The molecule has 0 bridgehead atoms. The maximum absolute atomic E-state index is 13.7. The van der Waals surface area contributed by atoms with Crippen LogP contribution in [0.25, 0.3) is 0 Å². The Morgan fingerprint density at radius 1 is 1.12 bits per heavy atom. The van der Waals surface area contributed by atoms with Gasteiger partial charge in [-0.2, -0.15) is 0 Å². The summed E-state index contributed by atoms with van der Waals surface area (Å²) in [5.41, 5.74) is 0.900. The Labute approximate surface area is 158 Å². The summed E-state index contributed by atoms with van der Waals surface area (Å²) < 4.78 is 19.4. The first-order valence-corrected chi connectivity index (χ1v) is 7.30. The molecule has 2 aromatic carbocycles. The molecule has 24 heavy (non-hydrogen) atoms. The highest BCUT2D eigenvalue weighted by atomic mass is 127. The van der Waals surface area contributed by atoms with Crippen molar-refractivity contribution in [3.8, 4) is 11.5 Å². The van der Waals surface area contributed by atoms with Gasteiger partial charge in [0.1, 0.15) is 5.75 Å². The summed E-state index contributed by atoms with van der Waals surface area (Å²) in [6.45, 7) is 4.77. The van der Waals surface area contributed by atoms with Crippen LogP contribution in [0.3, 0.4) is 0 Å². The van der Waals surface area contributed by atoms with Crippen LogP contribution < -0.4 is 15.4 Å². The van der Waals surface area contributed by atoms with Gasteiger partial charge >= 0.3 is 0 Å². The number of ether oxygens (including phenoxy) is 1. The van der Waals surface area contributed by atoms with Crippen LogP contribution in [0.15, 0.2) is 66.2 Å². The molecular weight excluding hydrogens is 420 g/mol. The first kappa shape index (κ1) is 20.0. The minimum atomic E-state index is -0.390. The molecule has 0 aliphatic carbocycles. The van der Waals surface area contributed by atoms with Gasteiger partial charge in [0.05, 0.1) is 0 Å². The molecule has 128 valence electrons. The number of guanidine groups is 1. The second-order valence-electron chi connectivity index (χ2n) is 4.74. The number of hydrogen-bond donors (Lipinski definition) is 2. The van der Waals surface area contributed by atoms with Gasteiger partial charge in [-0.3, -0.25) is 4.99 Å². The van der Waals surface area contributed by atoms with Gasteiger partial charge < -0.3 is 15.4 Å². The summed E-state index contributed by atoms with van der Waals surface area (Å²) in [6, 6.07) is 13.8. The van der Waals surface area contributed by atoms with E-state index in [0.717, 1.165) is 5.56 Å². The van der Waals surface area contributed by atoms with Gasteiger partial charge in [0.25, 0.3) is 0 Å². The zero-order chi connectivity index (χ0) is 16.5. The van der Waals surface area contributed by atoms with Gasteiger partial charge in [0.2, 0.25) is 0 Å². The van der Waals surface area contributed by atoms with E-state index in [9.17, 15) is 4.39 Å². The van der Waals surface area contributed by atoms with Crippen LogP contribution >= 0.6 is 24.0 Å². The van der Waals surface area contributed by atoms with E-state index in [1.165, 1.54) is 6.07 Å². The van der Waals surface area contributed by atoms with E-state index in [1.807, 2.05) is 24.3 Å². The van der Waals surface area contributed by atoms with Gasteiger partial charge in [-0.1, -0.05) is 36.4 Å². The predicted molar refractivity (Wildman–Crippen MR) is 107 cm³/mol. The van der Waals surface area contributed by atoms with Crippen molar-refractivity contribution in [2.45, 2.75) is 6.54 Å². The van der Waals surface area contributed by atoms with Crippen molar-refractivity contribution in [3.05, 3.63) is 72.6 Å². The summed E-state index contributed by atoms with van der Waals surface area (Å²) in [5, 5.41) is 6.27. The smallest absolute Gasteiger partial charge is 0.191 e. The van der Waals surface area contributed by atoms with E-state index in [1.54, 1.807) is 31.3 Å². The number of rotatable bonds is 6. The zero-order valence-electron chi connectivity index (χ0n) is 13.5. The second-order valence-corrected chi connectivity index (χ2v) is 4.74. The summed E-state index contributed by atoms with van der Waals surface area (Å²) in [5.74, 6) is 1.07. The molecule has 0 spiro atoms. The largest absolute Gasteiger partial charge is 0.454 e. The minimum absolute atomic E-state index is 0. The summed E-state index contributed by atoms with van der Waals surface area (Å²) >= 11 is 0. The minimum Gasteiger partial charge on any atom is -0.454 e. The third-order valence-corrected chi connectivity index (χ3v) is 3.11. The van der Waals surface area contributed by atoms with Gasteiger partial charge in [-0.05, 0) is 18.2 Å². The lowest BCUT2D eigenvalue weighted by molar-refractivity contribution is 0.437. The van der Waals surface area contributed by atoms with E-state index in [2.05, 4.69) is 22.2 Å². The molecule has 0 heterocycles. The average Bonchev–Trinajstić information content (AvgIpc) is 2.58. The Kier molecular flexibility index (Phi) is 8.85. The fourth-order valence-electron chi connectivity index (χ4n) is 1.96. The highest BCUT2D eigenvalue weighted by Gasteiger charge is 2.08. The highest BCUT2D eigenvalue weighted by molar-refractivity contribution is 14.0. The molecule has 0 aliphatic rings. The molecule has 0 fully saturated rings. The lowest BCUT2D eigenvalue weighted by atomic mass is 10.2.